The Bertz CT molecular complexity index is 343. The van der Waals surface area contributed by atoms with E-state index in [1.54, 1.807) is 4.90 Å². The van der Waals surface area contributed by atoms with Crippen LogP contribution < -0.4 is 5.73 Å². The van der Waals surface area contributed by atoms with Gasteiger partial charge in [-0.2, -0.15) is 0 Å². The summed E-state index contributed by atoms with van der Waals surface area (Å²) in [6.07, 6.45) is 0.448. The highest BCUT2D eigenvalue weighted by molar-refractivity contribution is 5.78. The molecule has 1 aromatic rings. The summed E-state index contributed by atoms with van der Waals surface area (Å²) in [5, 5.41) is 0. The summed E-state index contributed by atoms with van der Waals surface area (Å²) in [6, 6.07) is 7.45. The van der Waals surface area contributed by atoms with Crippen LogP contribution in [-0.2, 0) is 11.2 Å². The van der Waals surface area contributed by atoms with Gasteiger partial charge in [-0.25, -0.2) is 0 Å². The lowest BCUT2D eigenvalue weighted by atomic mass is 10.1. The average Bonchev–Trinajstić information content (AvgIpc) is 2.20. The van der Waals surface area contributed by atoms with Crippen LogP contribution in [0, 0.1) is 5.92 Å². The molecule has 0 aliphatic carbocycles. The molecule has 0 aliphatic heterocycles. The van der Waals surface area contributed by atoms with Crippen molar-refractivity contribution in [3.05, 3.63) is 29.8 Å². The van der Waals surface area contributed by atoms with E-state index >= 15 is 0 Å². The molecule has 1 aromatic carbocycles. The number of amides is 1. The fourth-order valence-corrected chi connectivity index (χ4v) is 1.59. The summed E-state index contributed by atoms with van der Waals surface area (Å²) in [5.41, 5.74) is 7.33. The minimum absolute atomic E-state index is 0.151. The molecule has 0 unspecified atom stereocenters. The van der Waals surface area contributed by atoms with Crippen molar-refractivity contribution >= 4 is 11.6 Å². The highest BCUT2D eigenvalue weighted by Gasteiger charge is 2.10. The SMILES string of the molecule is CC(C)CN(C)C(=O)Cc1ccc(N)cc1. The van der Waals surface area contributed by atoms with Gasteiger partial charge in [-0.1, -0.05) is 26.0 Å². The van der Waals surface area contributed by atoms with Crippen LogP contribution in [0.2, 0.25) is 0 Å². The summed E-state index contributed by atoms with van der Waals surface area (Å²) in [6.45, 7) is 5.01. The Morgan fingerprint density at radius 2 is 1.88 bits per heavy atom. The molecule has 88 valence electrons. The third-order valence-corrected chi connectivity index (χ3v) is 2.40. The van der Waals surface area contributed by atoms with Crippen LogP contribution in [0.15, 0.2) is 24.3 Å². The maximum atomic E-state index is 11.8. The summed E-state index contributed by atoms with van der Waals surface area (Å²) in [7, 11) is 1.85. The summed E-state index contributed by atoms with van der Waals surface area (Å²) >= 11 is 0. The molecule has 0 spiro atoms. The van der Waals surface area contributed by atoms with Gasteiger partial charge in [0, 0.05) is 19.3 Å². The van der Waals surface area contributed by atoms with Crippen LogP contribution in [-0.4, -0.2) is 24.4 Å². The van der Waals surface area contributed by atoms with Gasteiger partial charge in [-0.05, 0) is 23.6 Å². The van der Waals surface area contributed by atoms with Crippen molar-refractivity contribution in [3.63, 3.8) is 0 Å². The van der Waals surface area contributed by atoms with Gasteiger partial charge in [0.15, 0.2) is 0 Å². The lowest BCUT2D eigenvalue weighted by Crippen LogP contribution is -2.31. The zero-order valence-electron chi connectivity index (χ0n) is 10.2. The first kappa shape index (κ1) is 12.6. The Labute approximate surface area is 97.2 Å². The van der Waals surface area contributed by atoms with Gasteiger partial charge in [-0.15, -0.1) is 0 Å². The van der Waals surface area contributed by atoms with Crippen LogP contribution in [0.1, 0.15) is 19.4 Å². The van der Waals surface area contributed by atoms with E-state index in [0.29, 0.717) is 12.3 Å². The standard InChI is InChI=1S/C13H20N2O/c1-10(2)9-15(3)13(16)8-11-4-6-12(14)7-5-11/h4-7,10H,8-9,14H2,1-3H3. The van der Waals surface area contributed by atoms with Gasteiger partial charge in [0.2, 0.25) is 5.91 Å². The first-order valence-electron chi connectivity index (χ1n) is 5.57. The molecule has 2 N–H and O–H groups in total. The summed E-state index contributed by atoms with van der Waals surface area (Å²) in [4.78, 5) is 13.6. The Hall–Kier alpha value is -1.51. The lowest BCUT2D eigenvalue weighted by Gasteiger charge is -2.19. The van der Waals surface area contributed by atoms with E-state index in [1.165, 1.54) is 0 Å². The highest BCUT2D eigenvalue weighted by Crippen LogP contribution is 2.07. The smallest absolute Gasteiger partial charge is 0.226 e. The van der Waals surface area contributed by atoms with Gasteiger partial charge in [0.1, 0.15) is 0 Å². The maximum Gasteiger partial charge on any atom is 0.226 e. The molecule has 3 nitrogen and oxygen atoms in total. The number of hydrogen-bond acceptors (Lipinski definition) is 2. The zero-order valence-corrected chi connectivity index (χ0v) is 10.2. The van der Waals surface area contributed by atoms with Crippen molar-refractivity contribution in [3.8, 4) is 0 Å². The van der Waals surface area contributed by atoms with Crippen molar-refractivity contribution < 1.29 is 4.79 Å². The first-order chi connectivity index (χ1) is 7.49. The van der Waals surface area contributed by atoms with Crippen LogP contribution in [0.25, 0.3) is 0 Å². The highest BCUT2D eigenvalue weighted by atomic mass is 16.2. The van der Waals surface area contributed by atoms with E-state index in [0.717, 1.165) is 17.8 Å². The van der Waals surface area contributed by atoms with E-state index in [-0.39, 0.29) is 5.91 Å². The second-order valence-corrected chi connectivity index (χ2v) is 4.59. The van der Waals surface area contributed by atoms with Crippen LogP contribution in [0.4, 0.5) is 5.69 Å². The molecule has 0 saturated heterocycles. The Morgan fingerprint density at radius 3 is 2.38 bits per heavy atom. The molecule has 0 bridgehead atoms. The molecule has 0 atom stereocenters. The van der Waals surface area contributed by atoms with Crippen molar-refractivity contribution in [2.75, 3.05) is 19.3 Å². The summed E-state index contributed by atoms with van der Waals surface area (Å²) < 4.78 is 0. The van der Waals surface area contributed by atoms with Gasteiger partial charge in [-0.3, -0.25) is 4.79 Å². The van der Waals surface area contributed by atoms with Crippen molar-refractivity contribution in [2.24, 2.45) is 5.92 Å². The van der Waals surface area contributed by atoms with Crippen molar-refractivity contribution in [1.29, 1.82) is 0 Å². The Kier molecular flexibility index (Phi) is 4.35. The predicted octanol–water partition coefficient (Wildman–Crippen LogP) is 1.93. The van der Waals surface area contributed by atoms with E-state index in [9.17, 15) is 4.79 Å². The number of nitrogens with two attached hydrogens (primary N) is 1. The number of rotatable bonds is 4. The van der Waals surface area contributed by atoms with E-state index in [2.05, 4.69) is 13.8 Å². The second kappa shape index (κ2) is 5.54. The van der Waals surface area contributed by atoms with E-state index in [1.807, 2.05) is 31.3 Å². The molecule has 1 rings (SSSR count). The number of nitrogen functional groups attached to an aromatic ring is 1. The molecule has 0 heterocycles. The van der Waals surface area contributed by atoms with Crippen LogP contribution in [0.3, 0.4) is 0 Å². The number of nitrogens with zero attached hydrogens (tertiary/aromatic N) is 1. The molecule has 0 radical (unpaired) electrons. The monoisotopic (exact) mass is 220 g/mol. The topological polar surface area (TPSA) is 46.3 Å². The zero-order chi connectivity index (χ0) is 12.1. The van der Waals surface area contributed by atoms with Crippen molar-refractivity contribution in [1.82, 2.24) is 4.90 Å². The maximum absolute atomic E-state index is 11.8. The molecule has 0 aliphatic rings. The third kappa shape index (κ3) is 3.93. The number of likely N-dealkylation sites (N-methyl/N-ethyl adjacent to an activating group) is 1. The summed E-state index contributed by atoms with van der Waals surface area (Å²) in [5.74, 6) is 0.652. The fraction of sp³-hybridized carbons (Fsp3) is 0.462. The normalized spacial score (nSPS) is 10.5. The fourth-order valence-electron chi connectivity index (χ4n) is 1.59. The minimum Gasteiger partial charge on any atom is -0.399 e. The van der Waals surface area contributed by atoms with Crippen LogP contribution in [0.5, 0.6) is 0 Å². The largest absolute Gasteiger partial charge is 0.399 e. The molecular formula is C13H20N2O. The molecule has 0 fully saturated rings. The molecule has 1 amide bonds. The molecule has 0 saturated carbocycles. The molecule has 3 heteroatoms. The Morgan fingerprint density at radius 1 is 1.31 bits per heavy atom. The van der Waals surface area contributed by atoms with Gasteiger partial charge < -0.3 is 10.6 Å². The molecule has 16 heavy (non-hydrogen) atoms. The predicted molar refractivity (Wildman–Crippen MR) is 67.0 cm³/mol. The number of carbonyl (C=O) groups is 1. The third-order valence-electron chi connectivity index (χ3n) is 2.40. The number of hydrogen-bond donors (Lipinski definition) is 1. The van der Waals surface area contributed by atoms with E-state index in [4.69, 9.17) is 5.73 Å². The van der Waals surface area contributed by atoms with Gasteiger partial charge in [0.25, 0.3) is 0 Å². The first-order valence-corrected chi connectivity index (χ1v) is 5.57. The minimum atomic E-state index is 0.151. The van der Waals surface area contributed by atoms with Gasteiger partial charge >= 0.3 is 0 Å². The lowest BCUT2D eigenvalue weighted by molar-refractivity contribution is -0.129. The number of carbonyl (C=O) groups excluding carboxylic acids is 1. The second-order valence-electron chi connectivity index (χ2n) is 4.59. The molecular weight excluding hydrogens is 200 g/mol. The molecule has 0 aromatic heterocycles. The van der Waals surface area contributed by atoms with Crippen molar-refractivity contribution in [2.45, 2.75) is 20.3 Å². The average molecular weight is 220 g/mol. The number of benzene rings is 1. The number of anilines is 1. The Balaban J connectivity index is 2.54. The van der Waals surface area contributed by atoms with Gasteiger partial charge in [0.05, 0.1) is 6.42 Å². The van der Waals surface area contributed by atoms with E-state index < -0.39 is 0 Å². The quantitative estimate of drug-likeness (QED) is 0.788. The van der Waals surface area contributed by atoms with Crippen LogP contribution >= 0.6 is 0 Å².